The third kappa shape index (κ3) is 3.41. The molecule has 2 atom stereocenters. The number of aliphatic hydroxyl groups excluding tert-OH is 1. The Morgan fingerprint density at radius 3 is 2.78 bits per heavy atom. The Kier molecular flexibility index (Phi) is 4.82. The summed E-state index contributed by atoms with van der Waals surface area (Å²) in [7, 11) is 0. The van der Waals surface area contributed by atoms with Crippen molar-refractivity contribution >= 4 is 23.5 Å². The van der Waals surface area contributed by atoms with E-state index in [9.17, 15) is 19.5 Å². The molecule has 2 saturated heterocycles. The zero-order valence-corrected chi connectivity index (χ0v) is 15.2. The summed E-state index contributed by atoms with van der Waals surface area (Å²) < 4.78 is 0. The molecular formula is C19H24N4O4. The minimum Gasteiger partial charge on any atom is -0.396 e. The molecule has 144 valence electrons. The van der Waals surface area contributed by atoms with Crippen molar-refractivity contribution in [3.63, 3.8) is 0 Å². The van der Waals surface area contributed by atoms with E-state index < -0.39 is 11.9 Å². The zero-order chi connectivity index (χ0) is 19.0. The lowest BCUT2D eigenvalue weighted by Crippen LogP contribution is -2.52. The van der Waals surface area contributed by atoms with Gasteiger partial charge in [-0.1, -0.05) is 0 Å². The second kappa shape index (κ2) is 7.26. The van der Waals surface area contributed by atoms with Crippen LogP contribution in [0.2, 0.25) is 0 Å². The minimum absolute atomic E-state index is 0.199. The van der Waals surface area contributed by atoms with Gasteiger partial charge in [0.05, 0.1) is 17.8 Å². The van der Waals surface area contributed by atoms with E-state index in [1.165, 1.54) is 4.90 Å². The molecule has 1 aromatic heterocycles. The van der Waals surface area contributed by atoms with E-state index in [1.54, 1.807) is 6.07 Å². The molecule has 3 aliphatic rings. The van der Waals surface area contributed by atoms with Crippen molar-refractivity contribution in [1.29, 1.82) is 0 Å². The summed E-state index contributed by atoms with van der Waals surface area (Å²) in [4.78, 5) is 44.6. The first-order valence-corrected chi connectivity index (χ1v) is 9.57. The van der Waals surface area contributed by atoms with Gasteiger partial charge >= 0.3 is 0 Å². The third-order valence-electron chi connectivity index (χ3n) is 5.79. The number of nitrogens with zero attached hydrogens (tertiary/aromatic N) is 3. The lowest BCUT2D eigenvalue weighted by atomic mass is 10.0. The summed E-state index contributed by atoms with van der Waals surface area (Å²) in [5, 5.41) is 11.7. The molecule has 0 aliphatic carbocycles. The topological polar surface area (TPSA) is 103 Å². The summed E-state index contributed by atoms with van der Waals surface area (Å²) in [5.41, 5.74) is 1.22. The van der Waals surface area contributed by atoms with Gasteiger partial charge in [0.1, 0.15) is 11.9 Å². The van der Waals surface area contributed by atoms with Crippen LogP contribution in [0.15, 0.2) is 12.1 Å². The van der Waals surface area contributed by atoms with Gasteiger partial charge in [-0.3, -0.25) is 19.7 Å². The molecule has 1 unspecified atom stereocenters. The van der Waals surface area contributed by atoms with Crippen molar-refractivity contribution in [2.75, 3.05) is 24.6 Å². The number of carbonyl (C=O) groups excluding carboxylic acids is 3. The van der Waals surface area contributed by atoms with Gasteiger partial charge < -0.3 is 14.9 Å². The number of anilines is 1. The molecule has 3 aliphatic heterocycles. The molecule has 0 bridgehead atoms. The number of fused-ring (bicyclic) bond motifs is 1. The van der Waals surface area contributed by atoms with Crippen LogP contribution in [0.4, 0.5) is 5.82 Å². The fourth-order valence-corrected chi connectivity index (χ4v) is 4.18. The van der Waals surface area contributed by atoms with Crippen LogP contribution in [0, 0.1) is 5.92 Å². The predicted molar refractivity (Wildman–Crippen MR) is 96.9 cm³/mol. The average molecular weight is 372 g/mol. The SMILES string of the molecule is O=C1CC[C@@H](N2Cc3nc(N4CCCC(CO)CC4)ccc3C2=O)C(=O)N1. The first kappa shape index (κ1) is 17.9. The van der Waals surface area contributed by atoms with Crippen LogP contribution < -0.4 is 10.2 Å². The molecule has 4 heterocycles. The summed E-state index contributed by atoms with van der Waals surface area (Å²) in [6.07, 6.45) is 3.54. The summed E-state index contributed by atoms with van der Waals surface area (Å²) in [6, 6.07) is 3.04. The summed E-state index contributed by atoms with van der Waals surface area (Å²) in [5.74, 6) is 0.285. The van der Waals surface area contributed by atoms with Crippen LogP contribution in [0.5, 0.6) is 0 Å². The number of nitrogens with one attached hydrogen (secondary N) is 1. The number of piperidine rings is 1. The van der Waals surface area contributed by atoms with E-state index >= 15 is 0 Å². The Morgan fingerprint density at radius 2 is 2.00 bits per heavy atom. The molecule has 0 aromatic carbocycles. The van der Waals surface area contributed by atoms with Crippen molar-refractivity contribution in [1.82, 2.24) is 15.2 Å². The monoisotopic (exact) mass is 372 g/mol. The Balaban J connectivity index is 1.51. The second-order valence-corrected chi connectivity index (χ2v) is 7.53. The van der Waals surface area contributed by atoms with Gasteiger partial charge in [0.15, 0.2) is 0 Å². The Morgan fingerprint density at radius 1 is 1.15 bits per heavy atom. The van der Waals surface area contributed by atoms with Crippen LogP contribution in [-0.2, 0) is 16.1 Å². The fraction of sp³-hybridized carbons (Fsp3) is 0.579. The van der Waals surface area contributed by atoms with E-state index in [1.807, 2.05) is 6.07 Å². The van der Waals surface area contributed by atoms with Gasteiger partial charge in [-0.2, -0.15) is 0 Å². The number of aliphatic hydroxyl groups is 1. The van der Waals surface area contributed by atoms with Crippen LogP contribution >= 0.6 is 0 Å². The Hall–Kier alpha value is -2.48. The standard InChI is InChI=1S/C19H24N4O4/c24-11-12-2-1-8-22(9-7-12)16-5-3-13-14(20-16)10-23(19(13)27)15-4-6-17(25)21-18(15)26/h3,5,12,15,24H,1-2,4,6-11H2,(H,21,25,26)/t12?,15-/m1/s1. The van der Waals surface area contributed by atoms with Gasteiger partial charge in [0, 0.05) is 26.1 Å². The third-order valence-corrected chi connectivity index (χ3v) is 5.79. The number of amides is 3. The molecule has 0 radical (unpaired) electrons. The smallest absolute Gasteiger partial charge is 0.256 e. The number of rotatable bonds is 3. The van der Waals surface area contributed by atoms with Crippen LogP contribution in [0.1, 0.15) is 48.2 Å². The first-order valence-electron chi connectivity index (χ1n) is 9.57. The number of pyridine rings is 1. The second-order valence-electron chi connectivity index (χ2n) is 7.53. The van der Waals surface area contributed by atoms with Crippen LogP contribution in [0.25, 0.3) is 0 Å². The molecule has 8 nitrogen and oxygen atoms in total. The molecular weight excluding hydrogens is 348 g/mol. The Bertz CT molecular complexity index is 781. The average Bonchev–Trinajstić information content (AvgIpc) is 2.84. The van der Waals surface area contributed by atoms with Gasteiger partial charge in [0.2, 0.25) is 11.8 Å². The largest absolute Gasteiger partial charge is 0.396 e. The van der Waals surface area contributed by atoms with Crippen LogP contribution in [-0.4, -0.2) is 58.5 Å². The lowest BCUT2D eigenvalue weighted by Gasteiger charge is -2.29. The number of carbonyl (C=O) groups is 3. The fourth-order valence-electron chi connectivity index (χ4n) is 4.18. The summed E-state index contributed by atoms with van der Waals surface area (Å²) >= 11 is 0. The van der Waals surface area contributed by atoms with Gasteiger partial charge in [-0.25, -0.2) is 4.98 Å². The van der Waals surface area contributed by atoms with E-state index in [0.29, 0.717) is 30.1 Å². The highest BCUT2D eigenvalue weighted by molar-refractivity contribution is 6.05. The number of hydrogen-bond acceptors (Lipinski definition) is 6. The number of hydrogen-bond donors (Lipinski definition) is 2. The van der Waals surface area contributed by atoms with Crippen molar-refractivity contribution < 1.29 is 19.5 Å². The maximum absolute atomic E-state index is 12.7. The molecule has 4 rings (SSSR count). The van der Waals surface area contributed by atoms with Crippen molar-refractivity contribution in [3.05, 3.63) is 23.4 Å². The molecule has 2 fully saturated rings. The quantitative estimate of drug-likeness (QED) is 0.747. The molecule has 1 aromatic rings. The van der Waals surface area contributed by atoms with Crippen molar-refractivity contribution in [2.45, 2.75) is 44.7 Å². The van der Waals surface area contributed by atoms with Gasteiger partial charge in [0.25, 0.3) is 5.91 Å². The Labute approximate surface area is 157 Å². The van der Waals surface area contributed by atoms with E-state index in [-0.39, 0.29) is 24.8 Å². The highest BCUT2D eigenvalue weighted by Crippen LogP contribution is 2.29. The molecule has 3 amide bonds. The maximum Gasteiger partial charge on any atom is 0.256 e. The van der Waals surface area contributed by atoms with E-state index in [4.69, 9.17) is 4.98 Å². The number of aromatic nitrogens is 1. The van der Waals surface area contributed by atoms with Gasteiger partial charge in [-0.15, -0.1) is 0 Å². The summed E-state index contributed by atoms with van der Waals surface area (Å²) in [6.45, 7) is 2.23. The zero-order valence-electron chi connectivity index (χ0n) is 15.2. The van der Waals surface area contributed by atoms with Crippen molar-refractivity contribution in [3.8, 4) is 0 Å². The maximum atomic E-state index is 12.7. The highest BCUT2D eigenvalue weighted by Gasteiger charge is 2.39. The lowest BCUT2D eigenvalue weighted by molar-refractivity contribution is -0.136. The minimum atomic E-state index is -0.614. The predicted octanol–water partition coefficient (Wildman–Crippen LogP) is 0.441. The molecule has 0 spiro atoms. The molecule has 27 heavy (non-hydrogen) atoms. The molecule has 8 heteroatoms. The van der Waals surface area contributed by atoms with E-state index in [2.05, 4.69) is 10.2 Å². The molecule has 0 saturated carbocycles. The molecule has 2 N–H and O–H groups in total. The number of imide groups is 1. The first-order chi connectivity index (χ1) is 13.1. The van der Waals surface area contributed by atoms with E-state index in [0.717, 1.165) is 38.2 Å². The highest BCUT2D eigenvalue weighted by atomic mass is 16.3. The van der Waals surface area contributed by atoms with Gasteiger partial charge in [-0.05, 0) is 43.7 Å². The van der Waals surface area contributed by atoms with Crippen molar-refractivity contribution in [2.24, 2.45) is 5.92 Å². The normalized spacial score (nSPS) is 26.0. The van der Waals surface area contributed by atoms with Crippen LogP contribution in [0.3, 0.4) is 0 Å².